The summed E-state index contributed by atoms with van der Waals surface area (Å²) in [5.74, 6) is 1.01. The quantitative estimate of drug-likeness (QED) is 0.470. The molecule has 1 fully saturated rings. The van der Waals surface area contributed by atoms with Crippen LogP contribution in [0.3, 0.4) is 0 Å². The average molecular weight is 418 g/mol. The number of amides is 1. The Bertz CT molecular complexity index is 1170. The fourth-order valence-electron chi connectivity index (χ4n) is 3.98. The molecular formula is C24H23N3O2S. The number of piperidine rings is 1. The van der Waals surface area contributed by atoms with Gasteiger partial charge in [-0.15, -0.1) is 11.3 Å². The van der Waals surface area contributed by atoms with E-state index in [1.165, 1.54) is 0 Å². The summed E-state index contributed by atoms with van der Waals surface area (Å²) in [6, 6.07) is 16.2. The van der Waals surface area contributed by atoms with Gasteiger partial charge in [0.05, 0.1) is 11.8 Å². The van der Waals surface area contributed by atoms with E-state index in [-0.39, 0.29) is 12.0 Å². The first-order chi connectivity index (χ1) is 14.7. The maximum Gasteiger partial charge on any atom is 0.255 e. The lowest BCUT2D eigenvalue weighted by atomic mass is 10.0. The molecule has 0 bridgehead atoms. The van der Waals surface area contributed by atoms with Crippen LogP contribution < -0.4 is 4.74 Å². The molecule has 1 aliphatic heterocycles. The Kier molecular flexibility index (Phi) is 5.01. The van der Waals surface area contributed by atoms with Gasteiger partial charge in [0.2, 0.25) is 0 Å². The average Bonchev–Trinajstić information content (AvgIpc) is 3.40. The van der Waals surface area contributed by atoms with Gasteiger partial charge in [0.1, 0.15) is 11.9 Å². The summed E-state index contributed by atoms with van der Waals surface area (Å²) < 4.78 is 8.99. The van der Waals surface area contributed by atoms with Crippen molar-refractivity contribution in [3.8, 4) is 16.9 Å². The van der Waals surface area contributed by atoms with Gasteiger partial charge in [0.15, 0.2) is 0 Å². The van der Waals surface area contributed by atoms with Crippen molar-refractivity contribution in [1.29, 1.82) is 0 Å². The van der Waals surface area contributed by atoms with Crippen LogP contribution in [0, 0.1) is 0 Å². The number of likely N-dealkylation sites (tertiary alicyclic amines) is 1. The number of aryl methyl sites for hydroxylation is 1. The van der Waals surface area contributed by atoms with Crippen molar-refractivity contribution in [1.82, 2.24) is 14.7 Å². The van der Waals surface area contributed by atoms with Crippen LogP contribution in [0.4, 0.5) is 0 Å². The van der Waals surface area contributed by atoms with E-state index in [1.807, 2.05) is 60.1 Å². The largest absolute Gasteiger partial charge is 0.490 e. The van der Waals surface area contributed by atoms with Crippen molar-refractivity contribution in [2.45, 2.75) is 18.9 Å². The van der Waals surface area contributed by atoms with Crippen LogP contribution in [-0.4, -0.2) is 39.8 Å². The molecule has 0 spiro atoms. The number of thiophene rings is 1. The van der Waals surface area contributed by atoms with E-state index in [2.05, 4.69) is 23.3 Å². The number of hydrogen-bond acceptors (Lipinski definition) is 4. The van der Waals surface area contributed by atoms with Crippen molar-refractivity contribution < 1.29 is 9.53 Å². The number of carbonyl (C=O) groups excluding carboxylic acids is 1. The maximum atomic E-state index is 13.3. The van der Waals surface area contributed by atoms with Gasteiger partial charge in [-0.05, 0) is 29.8 Å². The second-order valence-electron chi connectivity index (χ2n) is 7.69. The lowest BCUT2D eigenvalue weighted by Gasteiger charge is -2.32. The summed E-state index contributed by atoms with van der Waals surface area (Å²) in [6.07, 6.45) is 5.71. The number of para-hydroxylation sites is 1. The number of rotatable bonds is 4. The molecule has 0 N–H and O–H groups in total. The summed E-state index contributed by atoms with van der Waals surface area (Å²) in [5, 5.41) is 7.28. The van der Waals surface area contributed by atoms with E-state index in [0.717, 1.165) is 58.5 Å². The number of fused-ring (bicyclic) bond motifs is 1. The van der Waals surface area contributed by atoms with Crippen LogP contribution in [0.2, 0.25) is 0 Å². The molecule has 1 saturated heterocycles. The maximum absolute atomic E-state index is 13.3. The SMILES string of the molecule is Cn1cc(-c2ccc3scc(C(=O)N4CCC(Oc5ccccc5)CC4)c3c2)cn1. The zero-order valence-electron chi connectivity index (χ0n) is 16.8. The monoisotopic (exact) mass is 417 g/mol. The normalized spacial score (nSPS) is 14.9. The van der Waals surface area contributed by atoms with Crippen LogP contribution in [0.5, 0.6) is 5.75 Å². The fraction of sp³-hybridized carbons (Fsp3) is 0.250. The smallest absolute Gasteiger partial charge is 0.255 e. The van der Waals surface area contributed by atoms with Crippen LogP contribution in [0.25, 0.3) is 21.2 Å². The van der Waals surface area contributed by atoms with Crippen LogP contribution in [0.1, 0.15) is 23.2 Å². The molecule has 30 heavy (non-hydrogen) atoms. The van der Waals surface area contributed by atoms with Crippen LogP contribution in [0.15, 0.2) is 66.3 Å². The minimum Gasteiger partial charge on any atom is -0.490 e. The van der Waals surface area contributed by atoms with Crippen LogP contribution in [-0.2, 0) is 7.05 Å². The molecule has 0 atom stereocenters. The van der Waals surface area contributed by atoms with Crippen molar-refractivity contribution in [2.24, 2.45) is 7.05 Å². The minimum atomic E-state index is 0.114. The molecule has 1 aliphatic rings. The number of nitrogens with zero attached hydrogens (tertiary/aromatic N) is 3. The highest BCUT2D eigenvalue weighted by Gasteiger charge is 2.26. The molecule has 5 rings (SSSR count). The Balaban J connectivity index is 1.31. The number of carbonyl (C=O) groups is 1. The topological polar surface area (TPSA) is 47.4 Å². The molecule has 0 saturated carbocycles. The first-order valence-electron chi connectivity index (χ1n) is 10.2. The molecule has 4 aromatic rings. The fourth-order valence-corrected chi connectivity index (χ4v) is 4.90. The highest BCUT2D eigenvalue weighted by molar-refractivity contribution is 7.17. The third-order valence-electron chi connectivity index (χ3n) is 5.62. The summed E-state index contributed by atoms with van der Waals surface area (Å²) >= 11 is 1.62. The van der Waals surface area contributed by atoms with E-state index in [0.29, 0.717) is 0 Å². The molecule has 6 heteroatoms. The van der Waals surface area contributed by atoms with Gasteiger partial charge in [0, 0.05) is 60.2 Å². The second kappa shape index (κ2) is 7.95. The highest BCUT2D eigenvalue weighted by Crippen LogP contribution is 2.32. The molecule has 2 aromatic carbocycles. The zero-order valence-corrected chi connectivity index (χ0v) is 17.6. The molecule has 152 valence electrons. The molecule has 2 aromatic heterocycles. The summed E-state index contributed by atoms with van der Waals surface area (Å²) in [5.41, 5.74) is 2.93. The summed E-state index contributed by atoms with van der Waals surface area (Å²) in [4.78, 5) is 15.2. The molecule has 5 nitrogen and oxygen atoms in total. The van der Waals surface area contributed by atoms with Gasteiger partial charge in [0.25, 0.3) is 5.91 Å². The Morgan fingerprint density at radius 1 is 1.10 bits per heavy atom. The van der Waals surface area contributed by atoms with Gasteiger partial charge < -0.3 is 9.64 Å². The summed E-state index contributed by atoms with van der Waals surface area (Å²) in [6.45, 7) is 1.44. The lowest BCUT2D eigenvalue weighted by Crippen LogP contribution is -2.41. The van der Waals surface area contributed by atoms with Gasteiger partial charge in [-0.1, -0.05) is 24.3 Å². The number of ether oxygens (including phenoxy) is 1. The van der Waals surface area contributed by atoms with Crippen molar-refractivity contribution in [3.05, 3.63) is 71.9 Å². The van der Waals surface area contributed by atoms with Gasteiger partial charge >= 0.3 is 0 Å². The molecular weight excluding hydrogens is 394 g/mol. The highest BCUT2D eigenvalue weighted by atomic mass is 32.1. The molecule has 3 heterocycles. The predicted octanol–water partition coefficient (Wildman–Crippen LogP) is 4.99. The van der Waals surface area contributed by atoms with Gasteiger partial charge in [-0.3, -0.25) is 9.48 Å². The van der Waals surface area contributed by atoms with Crippen molar-refractivity contribution in [2.75, 3.05) is 13.1 Å². The lowest BCUT2D eigenvalue weighted by molar-refractivity contribution is 0.0598. The first kappa shape index (κ1) is 18.9. The van der Waals surface area contributed by atoms with E-state index in [4.69, 9.17) is 4.74 Å². The van der Waals surface area contributed by atoms with Gasteiger partial charge in [-0.25, -0.2) is 0 Å². The number of benzene rings is 2. The van der Waals surface area contributed by atoms with Crippen LogP contribution >= 0.6 is 11.3 Å². The standard InChI is InChI=1S/C24H23N3O2S/c1-26-15-18(14-25-26)17-7-8-23-21(13-17)22(16-30-23)24(28)27-11-9-20(10-12-27)29-19-5-3-2-4-6-19/h2-8,13-16,20H,9-12H2,1H3. The third kappa shape index (κ3) is 3.71. The molecule has 1 amide bonds. The van der Waals surface area contributed by atoms with Crippen molar-refractivity contribution in [3.63, 3.8) is 0 Å². The van der Waals surface area contributed by atoms with E-state index in [9.17, 15) is 4.79 Å². The Morgan fingerprint density at radius 2 is 1.90 bits per heavy atom. The number of hydrogen-bond donors (Lipinski definition) is 0. The third-order valence-corrected chi connectivity index (χ3v) is 6.58. The van der Waals surface area contributed by atoms with Gasteiger partial charge in [-0.2, -0.15) is 5.10 Å². The molecule has 0 unspecified atom stereocenters. The Labute approximate surface area is 179 Å². The van der Waals surface area contributed by atoms with E-state index in [1.54, 1.807) is 16.0 Å². The molecule has 0 radical (unpaired) electrons. The summed E-state index contributed by atoms with van der Waals surface area (Å²) in [7, 11) is 1.91. The Hall–Kier alpha value is -3.12. The predicted molar refractivity (Wildman–Crippen MR) is 120 cm³/mol. The number of aromatic nitrogens is 2. The minimum absolute atomic E-state index is 0.114. The van der Waals surface area contributed by atoms with Crippen molar-refractivity contribution >= 4 is 27.3 Å². The molecule has 0 aliphatic carbocycles. The Morgan fingerprint density at radius 3 is 2.63 bits per heavy atom. The van der Waals surface area contributed by atoms with E-state index >= 15 is 0 Å². The first-order valence-corrected chi connectivity index (χ1v) is 11.1. The second-order valence-corrected chi connectivity index (χ2v) is 8.60. The van der Waals surface area contributed by atoms with E-state index < -0.39 is 0 Å². The zero-order chi connectivity index (χ0) is 20.5.